The second kappa shape index (κ2) is 11.5. The molecule has 0 aliphatic rings. The van der Waals surface area contributed by atoms with Crippen LogP contribution in [0.15, 0.2) is 53.5 Å². The Labute approximate surface area is 176 Å². The van der Waals surface area contributed by atoms with E-state index in [-0.39, 0.29) is 42.1 Å². The normalized spacial score (nSPS) is 11.0. The van der Waals surface area contributed by atoms with E-state index < -0.39 is 0 Å². The summed E-state index contributed by atoms with van der Waals surface area (Å²) in [6, 6.07) is 13.9. The molecule has 0 spiro atoms. The van der Waals surface area contributed by atoms with Gasteiger partial charge in [-0.1, -0.05) is 38.1 Å². The van der Waals surface area contributed by atoms with Crippen LogP contribution in [0, 0.1) is 5.82 Å². The molecular weight excluding hydrogens is 458 g/mol. The predicted octanol–water partition coefficient (Wildman–Crippen LogP) is 3.65. The lowest BCUT2D eigenvalue weighted by Gasteiger charge is -2.10. The van der Waals surface area contributed by atoms with Crippen molar-refractivity contribution in [3.05, 3.63) is 65.5 Å². The first-order valence-electron chi connectivity index (χ1n) is 8.62. The molecule has 2 aromatic carbocycles. The van der Waals surface area contributed by atoms with Crippen molar-refractivity contribution in [2.75, 3.05) is 18.4 Å². The van der Waals surface area contributed by atoms with Crippen LogP contribution in [-0.2, 0) is 11.2 Å². The van der Waals surface area contributed by atoms with Gasteiger partial charge < -0.3 is 16.4 Å². The van der Waals surface area contributed by atoms with Crippen LogP contribution < -0.4 is 16.4 Å². The van der Waals surface area contributed by atoms with E-state index >= 15 is 0 Å². The first-order valence-corrected chi connectivity index (χ1v) is 8.62. The number of nitrogens with one attached hydrogen (secondary N) is 2. The molecule has 7 heteroatoms. The second-order valence-electron chi connectivity index (χ2n) is 6.33. The number of benzene rings is 2. The third-order valence-corrected chi connectivity index (χ3v) is 3.82. The molecule has 27 heavy (non-hydrogen) atoms. The largest absolute Gasteiger partial charge is 0.370 e. The van der Waals surface area contributed by atoms with Crippen molar-refractivity contribution < 1.29 is 9.18 Å². The molecule has 1 amide bonds. The molecule has 0 atom stereocenters. The van der Waals surface area contributed by atoms with Crippen LogP contribution in [0.1, 0.15) is 30.9 Å². The molecule has 0 saturated carbocycles. The van der Waals surface area contributed by atoms with E-state index in [2.05, 4.69) is 35.5 Å². The minimum absolute atomic E-state index is 0. The van der Waals surface area contributed by atoms with Gasteiger partial charge in [0.05, 0.1) is 13.0 Å². The number of hydrogen-bond donors (Lipinski definition) is 3. The van der Waals surface area contributed by atoms with Gasteiger partial charge in [0.15, 0.2) is 5.96 Å². The Morgan fingerprint density at radius 1 is 1.19 bits per heavy atom. The van der Waals surface area contributed by atoms with Crippen molar-refractivity contribution in [2.45, 2.75) is 26.2 Å². The number of guanidine groups is 1. The summed E-state index contributed by atoms with van der Waals surface area (Å²) >= 11 is 0. The van der Waals surface area contributed by atoms with Gasteiger partial charge in [-0.05, 0) is 41.3 Å². The number of hydrogen-bond acceptors (Lipinski definition) is 2. The number of nitrogens with two attached hydrogens (primary N) is 1. The molecule has 0 aliphatic carbocycles. The molecule has 2 aromatic rings. The summed E-state index contributed by atoms with van der Waals surface area (Å²) in [5.41, 5.74) is 8.75. The van der Waals surface area contributed by atoms with Crippen molar-refractivity contribution in [2.24, 2.45) is 10.7 Å². The lowest BCUT2D eigenvalue weighted by molar-refractivity contribution is -0.120. The molecule has 0 unspecified atom stereocenters. The van der Waals surface area contributed by atoms with Crippen molar-refractivity contribution >= 4 is 41.5 Å². The number of amides is 1. The fraction of sp³-hybridized carbons (Fsp3) is 0.300. The minimum Gasteiger partial charge on any atom is -0.370 e. The van der Waals surface area contributed by atoms with Crippen molar-refractivity contribution in [3.63, 3.8) is 0 Å². The van der Waals surface area contributed by atoms with Crippen LogP contribution in [0.25, 0.3) is 0 Å². The fourth-order valence-electron chi connectivity index (χ4n) is 2.38. The number of anilines is 1. The van der Waals surface area contributed by atoms with Crippen LogP contribution in [-0.4, -0.2) is 25.0 Å². The summed E-state index contributed by atoms with van der Waals surface area (Å²) < 4.78 is 12.8. The van der Waals surface area contributed by atoms with E-state index in [1.165, 1.54) is 17.7 Å². The van der Waals surface area contributed by atoms with Gasteiger partial charge in [0.2, 0.25) is 5.91 Å². The Balaban J connectivity index is 0.00000364. The molecule has 2 rings (SSSR count). The molecular formula is C20H26FIN4O. The minimum atomic E-state index is -0.314. The highest BCUT2D eigenvalue weighted by molar-refractivity contribution is 14.0. The van der Waals surface area contributed by atoms with Gasteiger partial charge in [-0.2, -0.15) is 0 Å². The molecule has 0 bridgehead atoms. The molecule has 146 valence electrons. The van der Waals surface area contributed by atoms with E-state index in [9.17, 15) is 9.18 Å². The third kappa shape index (κ3) is 8.38. The average molecular weight is 484 g/mol. The number of carbonyl (C=O) groups excluding carboxylic acids is 1. The lowest BCUT2D eigenvalue weighted by atomic mass is 10.0. The smallest absolute Gasteiger partial charge is 0.224 e. The second-order valence-corrected chi connectivity index (χ2v) is 6.33. The van der Waals surface area contributed by atoms with Crippen molar-refractivity contribution in [1.82, 2.24) is 5.32 Å². The van der Waals surface area contributed by atoms with E-state index in [0.717, 1.165) is 11.3 Å². The van der Waals surface area contributed by atoms with Crippen molar-refractivity contribution in [3.8, 4) is 0 Å². The highest BCUT2D eigenvalue weighted by atomic mass is 127. The molecule has 5 nitrogen and oxygen atoms in total. The van der Waals surface area contributed by atoms with Crippen LogP contribution >= 0.6 is 24.0 Å². The molecule has 0 heterocycles. The summed E-state index contributed by atoms with van der Waals surface area (Å²) in [5.74, 6) is 0.290. The first kappa shape index (κ1) is 22.9. The van der Waals surface area contributed by atoms with E-state index in [0.29, 0.717) is 25.0 Å². The quantitative estimate of drug-likeness (QED) is 0.243. The van der Waals surface area contributed by atoms with Crippen molar-refractivity contribution in [1.29, 1.82) is 0 Å². The summed E-state index contributed by atoms with van der Waals surface area (Å²) in [5, 5.41) is 5.82. The average Bonchev–Trinajstić information content (AvgIpc) is 2.61. The van der Waals surface area contributed by atoms with Gasteiger partial charge in [-0.25, -0.2) is 4.39 Å². The van der Waals surface area contributed by atoms with Crippen LogP contribution in [0.5, 0.6) is 0 Å². The van der Waals surface area contributed by atoms with Gasteiger partial charge in [-0.3, -0.25) is 9.79 Å². The van der Waals surface area contributed by atoms with E-state index in [1.54, 1.807) is 12.1 Å². The highest BCUT2D eigenvalue weighted by Gasteiger charge is 2.03. The van der Waals surface area contributed by atoms with Gasteiger partial charge in [-0.15, -0.1) is 24.0 Å². The highest BCUT2D eigenvalue weighted by Crippen LogP contribution is 2.18. The van der Waals surface area contributed by atoms with Gasteiger partial charge in [0.25, 0.3) is 0 Å². The zero-order chi connectivity index (χ0) is 18.9. The third-order valence-electron chi connectivity index (χ3n) is 3.82. The summed E-state index contributed by atoms with van der Waals surface area (Å²) in [6.07, 6.45) is 0.208. The maximum Gasteiger partial charge on any atom is 0.224 e. The van der Waals surface area contributed by atoms with E-state index in [1.807, 2.05) is 18.2 Å². The van der Waals surface area contributed by atoms with Crippen LogP contribution in [0.2, 0.25) is 0 Å². The molecule has 0 saturated heterocycles. The number of aliphatic imine (C=N–C) groups is 1. The molecule has 4 N–H and O–H groups in total. The van der Waals surface area contributed by atoms with Gasteiger partial charge in [0.1, 0.15) is 5.82 Å². The zero-order valence-electron chi connectivity index (χ0n) is 15.5. The SMILES string of the molecule is CC(C)c1cccc(NC(N)=NCCNC(=O)Cc2ccc(F)cc2)c1.I. The Bertz CT molecular complexity index is 763. The number of carbonyl (C=O) groups is 1. The fourth-order valence-corrected chi connectivity index (χ4v) is 2.38. The molecule has 0 radical (unpaired) electrons. The Morgan fingerprint density at radius 3 is 2.56 bits per heavy atom. The lowest BCUT2D eigenvalue weighted by Crippen LogP contribution is -2.29. The maximum absolute atomic E-state index is 12.8. The van der Waals surface area contributed by atoms with Crippen LogP contribution in [0.4, 0.5) is 10.1 Å². The molecule has 0 fully saturated rings. The van der Waals surface area contributed by atoms with Crippen LogP contribution in [0.3, 0.4) is 0 Å². The zero-order valence-corrected chi connectivity index (χ0v) is 17.9. The number of nitrogens with zero attached hydrogens (tertiary/aromatic N) is 1. The first-order chi connectivity index (χ1) is 12.4. The van der Waals surface area contributed by atoms with E-state index in [4.69, 9.17) is 5.73 Å². The molecule has 0 aliphatic heterocycles. The monoisotopic (exact) mass is 484 g/mol. The number of halogens is 2. The molecule has 0 aromatic heterocycles. The Morgan fingerprint density at radius 2 is 1.89 bits per heavy atom. The standard InChI is InChI=1S/C20H25FN4O.HI/c1-14(2)16-4-3-5-18(13-16)25-20(22)24-11-10-23-19(26)12-15-6-8-17(21)9-7-15;/h3-9,13-14H,10-12H2,1-2H3,(H,23,26)(H3,22,24,25);1H. The Kier molecular flexibility index (Phi) is 9.77. The summed E-state index contributed by atoms with van der Waals surface area (Å²) in [6.45, 7) is 5.02. The topological polar surface area (TPSA) is 79.5 Å². The summed E-state index contributed by atoms with van der Waals surface area (Å²) in [4.78, 5) is 16.0. The summed E-state index contributed by atoms with van der Waals surface area (Å²) in [7, 11) is 0. The maximum atomic E-state index is 12.8. The Hall–Kier alpha value is -2.16. The van der Waals surface area contributed by atoms with Gasteiger partial charge >= 0.3 is 0 Å². The van der Waals surface area contributed by atoms with Gasteiger partial charge in [0, 0.05) is 12.2 Å². The predicted molar refractivity (Wildman–Crippen MR) is 119 cm³/mol. The number of rotatable bonds is 7.